The summed E-state index contributed by atoms with van der Waals surface area (Å²) in [6.45, 7) is 5.42. The molecule has 1 aliphatic heterocycles. The molecule has 0 saturated carbocycles. The lowest BCUT2D eigenvalue weighted by Crippen LogP contribution is -2.48. The Labute approximate surface area is 169 Å². The molecule has 0 spiro atoms. The van der Waals surface area contributed by atoms with Gasteiger partial charge in [0.2, 0.25) is 0 Å². The zero-order valence-electron chi connectivity index (χ0n) is 16.8. The van der Waals surface area contributed by atoms with Crippen LogP contribution in [0.5, 0.6) is 11.5 Å². The van der Waals surface area contributed by atoms with Crippen molar-refractivity contribution in [2.24, 2.45) is 0 Å². The van der Waals surface area contributed by atoms with Crippen molar-refractivity contribution in [2.45, 2.75) is 20.0 Å². The maximum Gasteiger partial charge on any atom is 0.409 e. The van der Waals surface area contributed by atoms with Gasteiger partial charge < -0.3 is 24.0 Å². The number of hydrogen-bond acceptors (Lipinski definition) is 6. The molecule has 8 heteroatoms. The SMILES string of the molecule is CCOC(=O)N1CCN(Cc2ccn(Cc3ccc(OC)cc3)c(=O)c2O)CC1. The number of benzene rings is 1. The Bertz CT molecular complexity index is 886. The normalized spacial score (nSPS) is 14.6. The number of aromatic nitrogens is 1. The molecule has 1 aromatic carbocycles. The Hall–Kier alpha value is -3.00. The van der Waals surface area contributed by atoms with Gasteiger partial charge in [-0.15, -0.1) is 0 Å². The first-order valence-electron chi connectivity index (χ1n) is 9.70. The van der Waals surface area contributed by atoms with E-state index in [1.165, 1.54) is 4.57 Å². The third-order valence-corrected chi connectivity index (χ3v) is 5.03. The second-order valence-electron chi connectivity index (χ2n) is 6.93. The predicted octanol–water partition coefficient (Wildman–Crippen LogP) is 1.88. The molecule has 29 heavy (non-hydrogen) atoms. The van der Waals surface area contributed by atoms with E-state index in [1.54, 1.807) is 31.2 Å². The van der Waals surface area contributed by atoms with Crippen LogP contribution < -0.4 is 10.3 Å². The van der Waals surface area contributed by atoms with Crippen molar-refractivity contribution in [3.05, 3.63) is 58.0 Å². The van der Waals surface area contributed by atoms with Crippen LogP contribution in [0.25, 0.3) is 0 Å². The molecule has 0 radical (unpaired) electrons. The van der Waals surface area contributed by atoms with Gasteiger partial charge in [-0.05, 0) is 30.7 Å². The van der Waals surface area contributed by atoms with Crippen molar-refractivity contribution < 1.29 is 19.4 Å². The second kappa shape index (κ2) is 9.47. The monoisotopic (exact) mass is 401 g/mol. The molecule has 1 amide bonds. The number of ether oxygens (including phenoxy) is 2. The third kappa shape index (κ3) is 5.08. The van der Waals surface area contributed by atoms with Crippen LogP contribution in [0.2, 0.25) is 0 Å². The van der Waals surface area contributed by atoms with E-state index in [0.717, 1.165) is 11.3 Å². The highest BCUT2D eigenvalue weighted by Gasteiger charge is 2.23. The highest BCUT2D eigenvalue weighted by molar-refractivity contribution is 5.67. The summed E-state index contributed by atoms with van der Waals surface area (Å²) in [6.07, 6.45) is 1.41. The minimum atomic E-state index is -0.413. The molecule has 1 N–H and O–H groups in total. The molecule has 0 unspecified atom stereocenters. The van der Waals surface area contributed by atoms with Crippen molar-refractivity contribution in [2.75, 3.05) is 39.9 Å². The molecule has 2 aromatic rings. The van der Waals surface area contributed by atoms with Crippen LogP contribution in [0.15, 0.2) is 41.3 Å². The van der Waals surface area contributed by atoms with Crippen LogP contribution in [0.4, 0.5) is 4.79 Å². The summed E-state index contributed by atoms with van der Waals surface area (Å²) in [4.78, 5) is 28.1. The Morgan fingerprint density at radius 1 is 1.07 bits per heavy atom. The van der Waals surface area contributed by atoms with Gasteiger partial charge in [-0.3, -0.25) is 9.69 Å². The summed E-state index contributed by atoms with van der Waals surface area (Å²) in [6, 6.07) is 9.23. The molecule has 3 rings (SSSR count). The molecule has 1 aromatic heterocycles. The molecule has 0 aliphatic carbocycles. The summed E-state index contributed by atoms with van der Waals surface area (Å²) in [5, 5.41) is 10.4. The van der Waals surface area contributed by atoms with Crippen molar-refractivity contribution in [1.29, 1.82) is 0 Å². The topological polar surface area (TPSA) is 84.2 Å². The van der Waals surface area contributed by atoms with Gasteiger partial charge in [-0.2, -0.15) is 0 Å². The molecule has 1 fully saturated rings. The summed E-state index contributed by atoms with van der Waals surface area (Å²) in [5.41, 5.74) is 1.11. The van der Waals surface area contributed by atoms with E-state index < -0.39 is 5.56 Å². The first-order valence-corrected chi connectivity index (χ1v) is 9.70. The first-order chi connectivity index (χ1) is 14.0. The Balaban J connectivity index is 1.62. The van der Waals surface area contributed by atoms with E-state index in [2.05, 4.69) is 4.90 Å². The molecule has 0 bridgehead atoms. The van der Waals surface area contributed by atoms with Crippen molar-refractivity contribution in [1.82, 2.24) is 14.4 Å². The quantitative estimate of drug-likeness (QED) is 0.796. The summed E-state index contributed by atoms with van der Waals surface area (Å²) < 4.78 is 11.6. The van der Waals surface area contributed by atoms with Crippen LogP contribution in [-0.2, 0) is 17.8 Å². The second-order valence-corrected chi connectivity index (χ2v) is 6.93. The zero-order valence-corrected chi connectivity index (χ0v) is 16.8. The number of carbonyl (C=O) groups is 1. The number of aromatic hydroxyl groups is 1. The van der Waals surface area contributed by atoms with Gasteiger partial charge in [-0.1, -0.05) is 12.1 Å². The van der Waals surface area contributed by atoms with Crippen molar-refractivity contribution in [3.8, 4) is 11.5 Å². The van der Waals surface area contributed by atoms with E-state index in [1.807, 2.05) is 24.3 Å². The van der Waals surface area contributed by atoms with E-state index in [0.29, 0.717) is 51.4 Å². The average molecular weight is 401 g/mol. The molecule has 8 nitrogen and oxygen atoms in total. The third-order valence-electron chi connectivity index (χ3n) is 5.03. The van der Waals surface area contributed by atoms with Gasteiger partial charge in [-0.25, -0.2) is 4.79 Å². The maximum atomic E-state index is 12.6. The number of methoxy groups -OCH3 is 1. The van der Waals surface area contributed by atoms with Gasteiger partial charge in [0.1, 0.15) is 5.75 Å². The minimum Gasteiger partial charge on any atom is -0.503 e. The molecular weight excluding hydrogens is 374 g/mol. The first kappa shape index (κ1) is 20.7. The molecule has 2 heterocycles. The smallest absolute Gasteiger partial charge is 0.409 e. The fourth-order valence-corrected chi connectivity index (χ4v) is 3.32. The van der Waals surface area contributed by atoms with Gasteiger partial charge in [0, 0.05) is 44.5 Å². The van der Waals surface area contributed by atoms with E-state index in [9.17, 15) is 14.7 Å². The molecule has 156 valence electrons. The van der Waals surface area contributed by atoms with E-state index in [4.69, 9.17) is 9.47 Å². The largest absolute Gasteiger partial charge is 0.503 e. The number of nitrogens with zero attached hydrogens (tertiary/aromatic N) is 3. The number of hydrogen-bond donors (Lipinski definition) is 1. The fourth-order valence-electron chi connectivity index (χ4n) is 3.32. The Morgan fingerprint density at radius 2 is 1.76 bits per heavy atom. The number of carbonyl (C=O) groups excluding carboxylic acids is 1. The summed E-state index contributed by atoms with van der Waals surface area (Å²) in [5.74, 6) is 0.524. The van der Waals surface area contributed by atoms with Crippen molar-refractivity contribution in [3.63, 3.8) is 0 Å². The van der Waals surface area contributed by atoms with Crippen LogP contribution >= 0.6 is 0 Å². The zero-order chi connectivity index (χ0) is 20.8. The van der Waals surface area contributed by atoms with Gasteiger partial charge in [0.15, 0.2) is 5.75 Å². The maximum absolute atomic E-state index is 12.6. The molecule has 1 saturated heterocycles. The highest BCUT2D eigenvalue weighted by Crippen LogP contribution is 2.17. The lowest BCUT2D eigenvalue weighted by Gasteiger charge is -2.34. The Kier molecular flexibility index (Phi) is 6.77. The summed E-state index contributed by atoms with van der Waals surface area (Å²) in [7, 11) is 1.60. The Morgan fingerprint density at radius 3 is 2.38 bits per heavy atom. The summed E-state index contributed by atoms with van der Waals surface area (Å²) >= 11 is 0. The van der Waals surface area contributed by atoms with Crippen LogP contribution in [-0.4, -0.2) is 65.5 Å². The number of rotatable bonds is 6. The minimum absolute atomic E-state index is 0.228. The molecule has 0 atom stereocenters. The highest BCUT2D eigenvalue weighted by atomic mass is 16.6. The van der Waals surface area contributed by atoms with Crippen LogP contribution in [0.1, 0.15) is 18.1 Å². The van der Waals surface area contributed by atoms with Crippen LogP contribution in [0.3, 0.4) is 0 Å². The van der Waals surface area contributed by atoms with Gasteiger partial charge >= 0.3 is 6.09 Å². The molecule has 1 aliphatic rings. The standard InChI is InChI=1S/C21H27N3O5/c1-3-29-21(27)23-12-10-22(11-13-23)15-17-8-9-24(20(26)19(17)25)14-16-4-6-18(28-2)7-5-16/h4-9,25H,3,10-15H2,1-2H3. The average Bonchev–Trinajstić information content (AvgIpc) is 2.74. The predicted molar refractivity (Wildman–Crippen MR) is 108 cm³/mol. The van der Waals surface area contributed by atoms with Crippen LogP contribution in [0, 0.1) is 0 Å². The number of piperazine rings is 1. The van der Waals surface area contributed by atoms with Crippen molar-refractivity contribution >= 4 is 6.09 Å². The lowest BCUT2D eigenvalue weighted by molar-refractivity contribution is 0.0776. The van der Waals surface area contributed by atoms with E-state index in [-0.39, 0.29) is 11.8 Å². The number of amides is 1. The van der Waals surface area contributed by atoms with E-state index >= 15 is 0 Å². The lowest BCUT2D eigenvalue weighted by atomic mass is 10.2. The fraction of sp³-hybridized carbons (Fsp3) is 0.429. The van der Waals surface area contributed by atoms with Gasteiger partial charge in [0.25, 0.3) is 5.56 Å². The number of pyridine rings is 1. The molecular formula is C21H27N3O5. The van der Waals surface area contributed by atoms with Gasteiger partial charge in [0.05, 0.1) is 20.3 Å².